The first kappa shape index (κ1) is 27.5. The van der Waals surface area contributed by atoms with Crippen LogP contribution < -0.4 is 27.4 Å². The highest BCUT2D eigenvalue weighted by Crippen LogP contribution is 2.09. The van der Waals surface area contributed by atoms with Crippen molar-refractivity contribution in [3.63, 3.8) is 0 Å². The van der Waals surface area contributed by atoms with E-state index in [4.69, 9.17) is 11.5 Å². The number of nitrogens with one attached hydrogen (secondary N) is 4. The van der Waals surface area contributed by atoms with E-state index in [9.17, 15) is 34.2 Å². The quantitative estimate of drug-likeness (QED) is 0.136. The van der Waals surface area contributed by atoms with E-state index < -0.39 is 66.8 Å². The molecule has 1 rings (SSSR count). The van der Waals surface area contributed by atoms with Crippen LogP contribution in [0.4, 0.5) is 0 Å². The molecule has 10 N–H and O–H groups in total. The van der Waals surface area contributed by atoms with Gasteiger partial charge in [0, 0.05) is 18.3 Å². The fourth-order valence-electron chi connectivity index (χ4n) is 2.82. The molecule has 4 amide bonds. The van der Waals surface area contributed by atoms with Gasteiger partial charge in [0.1, 0.15) is 18.1 Å². The predicted molar refractivity (Wildman–Crippen MR) is 114 cm³/mol. The molecule has 0 radical (unpaired) electrons. The van der Waals surface area contributed by atoms with Crippen molar-refractivity contribution in [3.8, 4) is 0 Å². The van der Waals surface area contributed by atoms with E-state index in [0.29, 0.717) is 12.1 Å². The molecule has 0 aromatic carbocycles. The maximum absolute atomic E-state index is 12.9. The summed E-state index contributed by atoms with van der Waals surface area (Å²) in [6, 6.07) is -5.27. The molecule has 1 aromatic heterocycles. The van der Waals surface area contributed by atoms with Crippen molar-refractivity contribution < 1.29 is 34.2 Å². The zero-order chi connectivity index (χ0) is 25.1. The Morgan fingerprint density at radius 3 is 2.18 bits per heavy atom. The molecule has 5 atom stereocenters. The number of primary amides is 1. The van der Waals surface area contributed by atoms with Crippen molar-refractivity contribution in [1.82, 2.24) is 25.9 Å². The van der Waals surface area contributed by atoms with E-state index in [0.717, 1.165) is 0 Å². The fourth-order valence-corrected chi connectivity index (χ4v) is 2.82. The third-order valence-corrected chi connectivity index (χ3v) is 4.96. The molecule has 14 nitrogen and oxygen atoms in total. The molecular weight excluding hydrogens is 438 g/mol. The van der Waals surface area contributed by atoms with Crippen LogP contribution in [0.3, 0.4) is 0 Å². The van der Waals surface area contributed by atoms with Crippen LogP contribution in [-0.2, 0) is 30.4 Å². The average molecular weight is 469 g/mol. The first-order valence-corrected chi connectivity index (χ1v) is 10.3. The van der Waals surface area contributed by atoms with Crippen LogP contribution in [0.1, 0.15) is 32.4 Å². The summed E-state index contributed by atoms with van der Waals surface area (Å²) in [5.41, 5.74) is 11.0. The molecule has 184 valence electrons. The molecule has 0 fully saturated rings. The second kappa shape index (κ2) is 13.1. The largest absolute Gasteiger partial charge is 0.480 e. The smallest absolute Gasteiger partial charge is 0.326 e. The van der Waals surface area contributed by atoms with Gasteiger partial charge in [0.15, 0.2) is 0 Å². The number of nitrogens with two attached hydrogens (primary N) is 2. The molecule has 33 heavy (non-hydrogen) atoms. The molecule has 0 aliphatic heterocycles. The zero-order valence-electron chi connectivity index (χ0n) is 18.4. The molecule has 0 bridgehead atoms. The molecule has 14 heteroatoms. The number of nitrogens with zero attached hydrogens (tertiary/aromatic N) is 1. The highest BCUT2D eigenvalue weighted by atomic mass is 16.4. The number of carbonyl (C=O) groups excluding carboxylic acids is 4. The summed E-state index contributed by atoms with van der Waals surface area (Å²) in [7, 11) is 0. The van der Waals surface area contributed by atoms with Gasteiger partial charge in [-0.25, -0.2) is 9.78 Å². The first-order valence-electron chi connectivity index (χ1n) is 10.3. The Hall–Kier alpha value is -3.52. The van der Waals surface area contributed by atoms with Gasteiger partial charge < -0.3 is 42.6 Å². The van der Waals surface area contributed by atoms with Gasteiger partial charge >= 0.3 is 5.97 Å². The molecule has 0 saturated carbocycles. The normalized spacial score (nSPS) is 15.4. The third-order valence-electron chi connectivity index (χ3n) is 4.96. The standard InChI is InChI=1S/C19H31N7O7/c1-3-9(2)15(19(32)33)26-17(30)12(4-10-6-22-8-23-10)24-18(31)13(7-27)25-16(29)11(20)5-14(21)28/h6,8-9,11-13,15,27H,3-5,7,20H2,1-2H3,(H2,21,28)(H,22,23)(H,24,31)(H,25,29)(H,26,30)(H,32,33). The minimum absolute atomic E-state index is 0.0717. The van der Waals surface area contributed by atoms with Gasteiger partial charge in [-0.1, -0.05) is 20.3 Å². The Morgan fingerprint density at radius 1 is 1.09 bits per heavy atom. The van der Waals surface area contributed by atoms with Crippen LogP contribution in [-0.4, -0.2) is 80.6 Å². The molecule has 0 spiro atoms. The van der Waals surface area contributed by atoms with Gasteiger partial charge in [-0.05, 0) is 5.92 Å². The highest BCUT2D eigenvalue weighted by Gasteiger charge is 2.32. The van der Waals surface area contributed by atoms with Crippen LogP contribution in [0.15, 0.2) is 12.5 Å². The summed E-state index contributed by atoms with van der Waals surface area (Å²) in [5.74, 6) is -5.04. The van der Waals surface area contributed by atoms with Crippen molar-refractivity contribution in [3.05, 3.63) is 18.2 Å². The molecule has 5 unspecified atom stereocenters. The molecule has 0 aliphatic rings. The lowest BCUT2D eigenvalue weighted by Crippen LogP contribution is -2.59. The van der Waals surface area contributed by atoms with Gasteiger partial charge in [0.25, 0.3) is 0 Å². The maximum atomic E-state index is 12.9. The number of carboxylic acids is 1. The van der Waals surface area contributed by atoms with Crippen LogP contribution in [0, 0.1) is 5.92 Å². The van der Waals surface area contributed by atoms with Crippen molar-refractivity contribution in [2.24, 2.45) is 17.4 Å². The number of hydrogen-bond donors (Lipinski definition) is 8. The van der Waals surface area contributed by atoms with Crippen molar-refractivity contribution in [1.29, 1.82) is 0 Å². The zero-order valence-corrected chi connectivity index (χ0v) is 18.4. The Labute approximate surface area is 189 Å². The molecular formula is C19H31N7O7. The SMILES string of the molecule is CCC(C)C(NC(=O)C(Cc1cnc[nH]1)NC(=O)C(CO)NC(=O)C(N)CC(N)=O)C(=O)O. The summed E-state index contributed by atoms with van der Waals surface area (Å²) in [5, 5.41) is 26.0. The predicted octanol–water partition coefficient (Wildman–Crippen LogP) is -3.27. The van der Waals surface area contributed by atoms with Crippen LogP contribution >= 0.6 is 0 Å². The van der Waals surface area contributed by atoms with E-state index in [1.807, 2.05) is 0 Å². The Kier molecular flexibility index (Phi) is 10.9. The second-order valence-corrected chi connectivity index (χ2v) is 7.57. The molecule has 1 heterocycles. The average Bonchev–Trinajstić information content (AvgIpc) is 3.26. The van der Waals surface area contributed by atoms with Crippen molar-refractivity contribution in [2.45, 2.75) is 57.3 Å². The fraction of sp³-hybridized carbons (Fsp3) is 0.579. The number of hydrogen-bond acceptors (Lipinski definition) is 8. The van der Waals surface area contributed by atoms with E-state index >= 15 is 0 Å². The van der Waals surface area contributed by atoms with Gasteiger partial charge in [-0.2, -0.15) is 0 Å². The number of rotatable bonds is 14. The number of aliphatic carboxylic acids is 1. The number of carbonyl (C=O) groups is 5. The topological polar surface area (TPSA) is 243 Å². The van der Waals surface area contributed by atoms with Gasteiger partial charge in [-0.15, -0.1) is 0 Å². The van der Waals surface area contributed by atoms with E-state index in [-0.39, 0.29) is 12.3 Å². The monoisotopic (exact) mass is 469 g/mol. The molecule has 0 aliphatic carbocycles. The number of imidazole rings is 1. The number of aromatic nitrogens is 2. The second-order valence-electron chi connectivity index (χ2n) is 7.57. The number of carboxylic acid groups (broad SMARTS) is 1. The summed E-state index contributed by atoms with van der Waals surface area (Å²) < 4.78 is 0. The van der Waals surface area contributed by atoms with E-state index in [2.05, 4.69) is 25.9 Å². The summed E-state index contributed by atoms with van der Waals surface area (Å²) in [6.45, 7) is 2.60. The van der Waals surface area contributed by atoms with Gasteiger partial charge in [0.05, 0.1) is 25.4 Å². The lowest BCUT2D eigenvalue weighted by Gasteiger charge is -2.25. The number of aromatic amines is 1. The van der Waals surface area contributed by atoms with Crippen molar-refractivity contribution in [2.75, 3.05) is 6.61 Å². The number of aliphatic hydroxyl groups is 1. The number of aliphatic hydroxyl groups excluding tert-OH is 1. The summed E-state index contributed by atoms with van der Waals surface area (Å²) in [4.78, 5) is 66.7. The highest BCUT2D eigenvalue weighted by molar-refractivity contribution is 5.95. The summed E-state index contributed by atoms with van der Waals surface area (Å²) in [6.07, 6.45) is 2.73. The summed E-state index contributed by atoms with van der Waals surface area (Å²) >= 11 is 0. The van der Waals surface area contributed by atoms with E-state index in [1.54, 1.807) is 13.8 Å². The van der Waals surface area contributed by atoms with Crippen LogP contribution in [0.25, 0.3) is 0 Å². The van der Waals surface area contributed by atoms with Gasteiger partial charge in [0.2, 0.25) is 23.6 Å². The number of H-pyrrole nitrogens is 1. The minimum Gasteiger partial charge on any atom is -0.480 e. The molecule has 0 saturated heterocycles. The first-order chi connectivity index (χ1) is 15.5. The lowest BCUT2D eigenvalue weighted by atomic mass is 9.98. The minimum atomic E-state index is -1.49. The lowest BCUT2D eigenvalue weighted by molar-refractivity contribution is -0.143. The Morgan fingerprint density at radius 2 is 1.70 bits per heavy atom. The molecule has 1 aromatic rings. The van der Waals surface area contributed by atoms with E-state index in [1.165, 1.54) is 12.5 Å². The Balaban J connectivity index is 2.98. The van der Waals surface area contributed by atoms with Crippen LogP contribution in [0.5, 0.6) is 0 Å². The van der Waals surface area contributed by atoms with Gasteiger partial charge in [-0.3, -0.25) is 19.2 Å². The third kappa shape index (κ3) is 8.86. The maximum Gasteiger partial charge on any atom is 0.326 e. The van der Waals surface area contributed by atoms with Crippen molar-refractivity contribution >= 4 is 29.6 Å². The number of amides is 4. The van der Waals surface area contributed by atoms with Crippen LogP contribution in [0.2, 0.25) is 0 Å². The Bertz CT molecular complexity index is 830.